The zero-order valence-corrected chi connectivity index (χ0v) is 15.9. The number of hydrogen-bond donors (Lipinski definition) is 1. The molecule has 5 nitrogen and oxygen atoms in total. The van der Waals surface area contributed by atoms with Crippen LogP contribution in [0.25, 0.3) is 0 Å². The fourth-order valence-corrected chi connectivity index (χ4v) is 4.08. The van der Waals surface area contributed by atoms with Gasteiger partial charge in [0.15, 0.2) is 0 Å². The Bertz CT molecular complexity index is 674. The third-order valence-electron chi connectivity index (χ3n) is 5.62. The Hall–Kier alpha value is -1.79. The zero-order chi connectivity index (χ0) is 19.1. The summed E-state index contributed by atoms with van der Waals surface area (Å²) in [4.78, 5) is 0. The van der Waals surface area contributed by atoms with Gasteiger partial charge in [0, 0.05) is 24.5 Å². The summed E-state index contributed by atoms with van der Waals surface area (Å²) in [5, 5.41) is 10.6. The molecule has 0 saturated carbocycles. The highest BCUT2D eigenvalue weighted by atomic mass is 19.1. The second-order valence-electron chi connectivity index (χ2n) is 7.25. The molecule has 0 bridgehead atoms. The topological polar surface area (TPSA) is 57.2 Å². The summed E-state index contributed by atoms with van der Waals surface area (Å²) in [7, 11) is 4.64. The summed E-state index contributed by atoms with van der Waals surface area (Å²) >= 11 is 0. The van der Waals surface area contributed by atoms with Crippen molar-refractivity contribution in [2.45, 2.75) is 50.7 Å². The monoisotopic (exact) mass is 366 g/mol. The molecule has 2 unspecified atom stereocenters. The minimum absolute atomic E-state index is 0.160. The van der Waals surface area contributed by atoms with E-state index < -0.39 is 24.0 Å². The van der Waals surface area contributed by atoms with Gasteiger partial charge in [-0.05, 0) is 25.8 Å². The Kier molecular flexibility index (Phi) is 5.17. The molecule has 1 N–H and O–H groups in total. The van der Waals surface area contributed by atoms with Crippen molar-refractivity contribution in [3.8, 4) is 17.2 Å². The maximum Gasteiger partial charge on any atom is 0.132 e. The van der Waals surface area contributed by atoms with E-state index in [2.05, 4.69) is 0 Å². The first kappa shape index (κ1) is 19.0. The van der Waals surface area contributed by atoms with Crippen molar-refractivity contribution < 1.29 is 28.4 Å². The van der Waals surface area contributed by atoms with Crippen LogP contribution in [-0.2, 0) is 4.74 Å². The average molecular weight is 366 g/mol. The van der Waals surface area contributed by atoms with Gasteiger partial charge in [0.25, 0.3) is 0 Å². The highest BCUT2D eigenvalue weighted by molar-refractivity contribution is 5.52. The van der Waals surface area contributed by atoms with Gasteiger partial charge in [-0.1, -0.05) is 6.08 Å². The minimum atomic E-state index is -1.48. The lowest BCUT2D eigenvalue weighted by atomic mass is 9.71. The fourth-order valence-electron chi connectivity index (χ4n) is 4.08. The Morgan fingerprint density at radius 2 is 1.77 bits per heavy atom. The quantitative estimate of drug-likeness (QED) is 0.825. The van der Waals surface area contributed by atoms with Crippen LogP contribution in [0.4, 0.5) is 4.39 Å². The van der Waals surface area contributed by atoms with E-state index in [1.807, 2.05) is 13.0 Å². The molecule has 3 rings (SSSR count). The average Bonchev–Trinajstić information content (AvgIpc) is 2.62. The van der Waals surface area contributed by atoms with Crippen molar-refractivity contribution in [1.29, 1.82) is 0 Å². The van der Waals surface area contributed by atoms with Crippen LogP contribution in [0.1, 0.15) is 38.4 Å². The van der Waals surface area contributed by atoms with Gasteiger partial charge in [0.05, 0.1) is 39.1 Å². The third kappa shape index (κ3) is 3.16. The van der Waals surface area contributed by atoms with Crippen molar-refractivity contribution in [2.24, 2.45) is 5.92 Å². The lowest BCUT2D eigenvalue weighted by molar-refractivity contribution is -0.184. The van der Waals surface area contributed by atoms with Gasteiger partial charge in [-0.25, -0.2) is 4.39 Å². The molecule has 1 saturated heterocycles. The number of aliphatic hydroxyl groups excluding tert-OH is 1. The number of halogens is 1. The third-order valence-corrected chi connectivity index (χ3v) is 5.62. The number of hydrogen-bond acceptors (Lipinski definition) is 5. The first-order valence-electron chi connectivity index (χ1n) is 8.81. The van der Waals surface area contributed by atoms with Crippen molar-refractivity contribution in [1.82, 2.24) is 0 Å². The molecule has 1 aliphatic carbocycles. The number of aliphatic hydroxyl groups is 1. The molecule has 5 atom stereocenters. The van der Waals surface area contributed by atoms with Gasteiger partial charge in [0.1, 0.15) is 29.0 Å². The Morgan fingerprint density at radius 3 is 2.31 bits per heavy atom. The van der Waals surface area contributed by atoms with E-state index in [1.54, 1.807) is 40.4 Å². The fraction of sp³-hybridized carbons (Fsp3) is 0.600. The largest absolute Gasteiger partial charge is 0.496 e. The molecule has 144 valence electrons. The Morgan fingerprint density at radius 1 is 1.15 bits per heavy atom. The van der Waals surface area contributed by atoms with E-state index in [0.29, 0.717) is 29.2 Å². The molecule has 0 spiro atoms. The van der Waals surface area contributed by atoms with Crippen LogP contribution in [0.3, 0.4) is 0 Å². The molecule has 2 aliphatic rings. The summed E-state index contributed by atoms with van der Waals surface area (Å²) in [6.07, 6.45) is 0.605. The normalized spacial score (nSPS) is 33.9. The van der Waals surface area contributed by atoms with Crippen molar-refractivity contribution in [2.75, 3.05) is 21.3 Å². The molecule has 0 radical (unpaired) electrons. The van der Waals surface area contributed by atoms with E-state index in [1.165, 1.54) is 0 Å². The SMILES string of the molecule is COc1cc(OC)c(C2CC(C)(F)[C@@H]3CC=C(C)[C@@H](O)[C@@H]3O2)c(OC)c1. The molecule has 1 aromatic rings. The van der Waals surface area contributed by atoms with Crippen LogP contribution in [0.15, 0.2) is 23.8 Å². The number of rotatable bonds is 4. The van der Waals surface area contributed by atoms with Crippen molar-refractivity contribution >= 4 is 0 Å². The molecule has 1 aliphatic heterocycles. The Labute approximate surface area is 153 Å². The number of benzene rings is 1. The van der Waals surface area contributed by atoms with E-state index in [9.17, 15) is 5.11 Å². The predicted octanol–water partition coefficient (Wildman–Crippen LogP) is 3.60. The van der Waals surface area contributed by atoms with Crippen LogP contribution < -0.4 is 14.2 Å². The summed E-state index contributed by atoms with van der Waals surface area (Å²) in [6.45, 7) is 3.43. The van der Waals surface area contributed by atoms with Crippen LogP contribution in [0, 0.1) is 5.92 Å². The summed E-state index contributed by atoms with van der Waals surface area (Å²) in [5.74, 6) is 1.22. The summed E-state index contributed by atoms with van der Waals surface area (Å²) in [6, 6.07) is 3.46. The van der Waals surface area contributed by atoms with Gasteiger partial charge in [-0.2, -0.15) is 0 Å². The molecule has 1 fully saturated rings. The van der Waals surface area contributed by atoms with E-state index >= 15 is 4.39 Å². The number of fused-ring (bicyclic) bond motifs is 1. The molecule has 0 amide bonds. The van der Waals surface area contributed by atoms with E-state index in [-0.39, 0.29) is 12.3 Å². The summed E-state index contributed by atoms with van der Waals surface area (Å²) < 4.78 is 38.0. The maximum atomic E-state index is 15.5. The van der Waals surface area contributed by atoms with Crippen LogP contribution in [-0.4, -0.2) is 44.3 Å². The molecular weight excluding hydrogens is 339 g/mol. The molecule has 1 heterocycles. The lowest BCUT2D eigenvalue weighted by Gasteiger charge is -2.48. The van der Waals surface area contributed by atoms with Gasteiger partial charge >= 0.3 is 0 Å². The van der Waals surface area contributed by atoms with Crippen molar-refractivity contribution in [3.05, 3.63) is 29.3 Å². The highest BCUT2D eigenvalue weighted by Gasteiger charge is 2.52. The van der Waals surface area contributed by atoms with Gasteiger partial charge in [-0.15, -0.1) is 0 Å². The first-order valence-corrected chi connectivity index (χ1v) is 8.81. The van der Waals surface area contributed by atoms with Crippen LogP contribution in [0.2, 0.25) is 0 Å². The molecule has 0 aromatic heterocycles. The summed E-state index contributed by atoms with van der Waals surface area (Å²) in [5.41, 5.74) is -0.0317. The first-order chi connectivity index (χ1) is 12.3. The zero-order valence-electron chi connectivity index (χ0n) is 15.9. The molecule has 6 heteroatoms. The molecule has 26 heavy (non-hydrogen) atoms. The smallest absolute Gasteiger partial charge is 0.132 e. The van der Waals surface area contributed by atoms with Gasteiger partial charge in [-0.3, -0.25) is 0 Å². The standard InChI is InChI=1S/C20H27FO5/c1-11-6-7-13-19(18(11)22)26-16(10-20(13,2)21)17-14(24-4)8-12(23-3)9-15(17)25-5/h6,8-9,13,16,18-19,22H,7,10H2,1-5H3/t13-,16?,18-,19-,20?/m1/s1. The lowest BCUT2D eigenvalue weighted by Crippen LogP contribution is -2.53. The van der Waals surface area contributed by atoms with Crippen LogP contribution >= 0.6 is 0 Å². The predicted molar refractivity (Wildman–Crippen MR) is 95.7 cm³/mol. The number of methoxy groups -OCH3 is 3. The van der Waals surface area contributed by atoms with Gasteiger partial charge in [0.2, 0.25) is 0 Å². The number of allylic oxidation sites excluding steroid dienone is 1. The second-order valence-corrected chi connectivity index (χ2v) is 7.25. The number of alkyl halides is 1. The second kappa shape index (κ2) is 7.08. The van der Waals surface area contributed by atoms with Crippen molar-refractivity contribution in [3.63, 3.8) is 0 Å². The maximum absolute atomic E-state index is 15.5. The van der Waals surface area contributed by atoms with E-state index in [4.69, 9.17) is 18.9 Å². The van der Waals surface area contributed by atoms with Gasteiger partial charge < -0.3 is 24.1 Å². The Balaban J connectivity index is 2.04. The minimum Gasteiger partial charge on any atom is -0.496 e. The van der Waals surface area contributed by atoms with E-state index in [0.717, 1.165) is 5.57 Å². The molecular formula is C20H27FO5. The highest BCUT2D eigenvalue weighted by Crippen LogP contribution is 2.52. The number of ether oxygens (including phenoxy) is 4. The molecule has 1 aromatic carbocycles. The van der Waals surface area contributed by atoms with Crippen LogP contribution in [0.5, 0.6) is 17.2 Å².